The highest BCUT2D eigenvalue weighted by molar-refractivity contribution is 5.34. The zero-order valence-corrected chi connectivity index (χ0v) is 11.7. The van der Waals surface area contributed by atoms with Crippen molar-refractivity contribution < 1.29 is 0 Å². The van der Waals surface area contributed by atoms with Crippen LogP contribution in [0.3, 0.4) is 0 Å². The Hall–Kier alpha value is -1.16. The first kappa shape index (κ1) is 13.3. The quantitative estimate of drug-likeness (QED) is 0.804. The number of aromatic nitrogens is 2. The van der Waals surface area contributed by atoms with E-state index in [4.69, 9.17) is 0 Å². The van der Waals surface area contributed by atoms with Gasteiger partial charge in [-0.3, -0.25) is 4.90 Å². The fourth-order valence-corrected chi connectivity index (χ4v) is 2.25. The maximum atomic E-state index is 4.54. The molecule has 2 rings (SSSR count). The number of hydrogen-bond donors (Lipinski definition) is 1. The predicted molar refractivity (Wildman–Crippen MR) is 74.6 cm³/mol. The van der Waals surface area contributed by atoms with Gasteiger partial charge in [0.25, 0.3) is 0 Å². The molecule has 0 aromatic carbocycles. The van der Waals surface area contributed by atoms with Gasteiger partial charge in [0, 0.05) is 25.4 Å². The van der Waals surface area contributed by atoms with Crippen molar-refractivity contribution in [1.82, 2.24) is 14.9 Å². The maximum Gasteiger partial charge on any atom is 0.144 e. The third-order valence-corrected chi connectivity index (χ3v) is 3.27. The summed E-state index contributed by atoms with van der Waals surface area (Å²) >= 11 is 0. The molecule has 1 aliphatic rings. The molecule has 0 amide bonds. The Labute approximate surface area is 110 Å². The fraction of sp³-hybridized carbons (Fsp3) is 0.714. The van der Waals surface area contributed by atoms with E-state index < -0.39 is 0 Å². The van der Waals surface area contributed by atoms with Gasteiger partial charge in [-0.25, -0.2) is 9.97 Å². The van der Waals surface area contributed by atoms with Gasteiger partial charge in [0.15, 0.2) is 0 Å². The van der Waals surface area contributed by atoms with Crippen LogP contribution in [-0.4, -0.2) is 35.0 Å². The summed E-state index contributed by atoms with van der Waals surface area (Å²) in [5.41, 5.74) is 1.03. The highest BCUT2D eigenvalue weighted by Crippen LogP contribution is 2.30. The smallest absolute Gasteiger partial charge is 0.144 e. The van der Waals surface area contributed by atoms with Gasteiger partial charge in [0.1, 0.15) is 11.6 Å². The summed E-state index contributed by atoms with van der Waals surface area (Å²) in [4.78, 5) is 11.6. The first-order chi connectivity index (χ1) is 8.71. The molecule has 1 N–H and O–H groups in total. The molecule has 1 fully saturated rings. The Morgan fingerprint density at radius 2 is 2.17 bits per heavy atom. The highest BCUT2D eigenvalue weighted by Gasteiger charge is 2.24. The zero-order valence-electron chi connectivity index (χ0n) is 11.7. The largest absolute Gasteiger partial charge is 0.373 e. The number of hydrogen-bond acceptors (Lipinski definition) is 4. The molecule has 0 atom stereocenters. The van der Waals surface area contributed by atoms with E-state index in [0.29, 0.717) is 0 Å². The molecule has 0 unspecified atom stereocenters. The van der Waals surface area contributed by atoms with Crippen molar-refractivity contribution in [1.29, 1.82) is 0 Å². The lowest BCUT2D eigenvalue weighted by Gasteiger charge is -2.20. The van der Waals surface area contributed by atoms with Crippen molar-refractivity contribution in [3.63, 3.8) is 0 Å². The minimum Gasteiger partial charge on any atom is -0.373 e. The van der Waals surface area contributed by atoms with Crippen LogP contribution in [0.15, 0.2) is 6.07 Å². The van der Waals surface area contributed by atoms with Gasteiger partial charge in [0.05, 0.1) is 6.54 Å². The molecule has 0 saturated heterocycles. The fourth-order valence-electron chi connectivity index (χ4n) is 2.25. The van der Waals surface area contributed by atoms with Crippen LogP contribution in [0, 0.1) is 12.8 Å². The third-order valence-electron chi connectivity index (χ3n) is 3.27. The van der Waals surface area contributed by atoms with E-state index in [1.807, 2.05) is 20.0 Å². The SMILES string of the molecule is CCCN(Cc1nc(C)cc(NC)n1)CC1CC1. The lowest BCUT2D eigenvalue weighted by molar-refractivity contribution is 0.249. The van der Waals surface area contributed by atoms with E-state index in [-0.39, 0.29) is 0 Å². The summed E-state index contributed by atoms with van der Waals surface area (Å²) in [6.45, 7) is 7.48. The Balaban J connectivity index is 2.01. The molecular formula is C14H24N4. The molecule has 1 saturated carbocycles. The first-order valence-corrected chi connectivity index (χ1v) is 6.96. The molecule has 1 heterocycles. The van der Waals surface area contributed by atoms with Gasteiger partial charge in [-0.2, -0.15) is 0 Å². The van der Waals surface area contributed by atoms with Crippen molar-refractivity contribution in [3.8, 4) is 0 Å². The predicted octanol–water partition coefficient (Wildman–Crippen LogP) is 2.45. The average Bonchev–Trinajstić information content (AvgIpc) is 3.12. The lowest BCUT2D eigenvalue weighted by Crippen LogP contribution is -2.27. The normalized spacial score (nSPS) is 15.1. The van der Waals surface area contributed by atoms with E-state index in [1.54, 1.807) is 0 Å². The van der Waals surface area contributed by atoms with Gasteiger partial charge in [-0.1, -0.05) is 6.92 Å². The molecule has 1 aliphatic carbocycles. The van der Waals surface area contributed by atoms with Gasteiger partial charge >= 0.3 is 0 Å². The summed E-state index contributed by atoms with van der Waals surface area (Å²) in [6.07, 6.45) is 3.99. The maximum absolute atomic E-state index is 4.54. The van der Waals surface area contributed by atoms with E-state index in [9.17, 15) is 0 Å². The van der Waals surface area contributed by atoms with Gasteiger partial charge < -0.3 is 5.32 Å². The van der Waals surface area contributed by atoms with Crippen molar-refractivity contribution in [2.45, 2.75) is 39.7 Å². The highest BCUT2D eigenvalue weighted by atomic mass is 15.2. The van der Waals surface area contributed by atoms with Crippen LogP contribution in [0.25, 0.3) is 0 Å². The van der Waals surface area contributed by atoms with Crippen LogP contribution >= 0.6 is 0 Å². The second-order valence-electron chi connectivity index (χ2n) is 5.24. The number of nitrogens with zero attached hydrogens (tertiary/aromatic N) is 3. The second-order valence-corrected chi connectivity index (χ2v) is 5.24. The van der Waals surface area contributed by atoms with E-state index >= 15 is 0 Å². The molecular weight excluding hydrogens is 224 g/mol. The monoisotopic (exact) mass is 248 g/mol. The van der Waals surface area contributed by atoms with Crippen molar-refractivity contribution in [2.24, 2.45) is 5.92 Å². The molecule has 4 heteroatoms. The molecule has 1 aromatic rings. The Bertz CT molecular complexity index is 387. The van der Waals surface area contributed by atoms with Crippen LogP contribution in [-0.2, 0) is 6.54 Å². The third kappa shape index (κ3) is 3.95. The number of rotatable bonds is 7. The Kier molecular flexibility index (Phi) is 4.53. The molecule has 0 radical (unpaired) electrons. The second kappa shape index (κ2) is 6.14. The van der Waals surface area contributed by atoms with Crippen molar-refractivity contribution >= 4 is 5.82 Å². The number of aryl methyl sites for hydroxylation is 1. The van der Waals surface area contributed by atoms with Crippen LogP contribution in [0.5, 0.6) is 0 Å². The van der Waals surface area contributed by atoms with E-state index in [2.05, 4.69) is 27.1 Å². The topological polar surface area (TPSA) is 41.1 Å². The van der Waals surface area contributed by atoms with E-state index in [1.165, 1.54) is 25.8 Å². The van der Waals surface area contributed by atoms with Crippen LogP contribution < -0.4 is 5.32 Å². The van der Waals surface area contributed by atoms with Gasteiger partial charge in [0.2, 0.25) is 0 Å². The van der Waals surface area contributed by atoms with Gasteiger partial charge in [-0.05, 0) is 38.6 Å². The van der Waals surface area contributed by atoms with Crippen molar-refractivity contribution in [2.75, 3.05) is 25.5 Å². The molecule has 0 bridgehead atoms. The molecule has 1 aromatic heterocycles. The molecule has 4 nitrogen and oxygen atoms in total. The Morgan fingerprint density at radius 1 is 1.39 bits per heavy atom. The molecule has 100 valence electrons. The zero-order chi connectivity index (χ0) is 13.0. The number of anilines is 1. The van der Waals surface area contributed by atoms with Crippen LogP contribution in [0.4, 0.5) is 5.82 Å². The summed E-state index contributed by atoms with van der Waals surface area (Å²) in [5.74, 6) is 2.78. The van der Waals surface area contributed by atoms with Crippen LogP contribution in [0.2, 0.25) is 0 Å². The minimum atomic E-state index is 0.876. The summed E-state index contributed by atoms with van der Waals surface area (Å²) in [7, 11) is 1.90. The molecule has 18 heavy (non-hydrogen) atoms. The molecule has 0 spiro atoms. The summed E-state index contributed by atoms with van der Waals surface area (Å²) in [6, 6.07) is 1.98. The first-order valence-electron chi connectivity index (χ1n) is 6.96. The van der Waals surface area contributed by atoms with Crippen molar-refractivity contribution in [3.05, 3.63) is 17.6 Å². The standard InChI is InChI=1S/C14H24N4/c1-4-7-18(9-12-5-6-12)10-14-16-11(2)8-13(15-3)17-14/h8,12H,4-7,9-10H2,1-3H3,(H,15,16,17). The average molecular weight is 248 g/mol. The van der Waals surface area contributed by atoms with E-state index in [0.717, 1.165) is 36.3 Å². The minimum absolute atomic E-state index is 0.876. The lowest BCUT2D eigenvalue weighted by atomic mass is 10.3. The molecule has 0 aliphatic heterocycles. The Morgan fingerprint density at radius 3 is 2.78 bits per heavy atom. The summed E-state index contributed by atoms with van der Waals surface area (Å²) < 4.78 is 0. The van der Waals surface area contributed by atoms with Crippen LogP contribution in [0.1, 0.15) is 37.7 Å². The number of nitrogens with one attached hydrogen (secondary N) is 1. The summed E-state index contributed by atoms with van der Waals surface area (Å²) in [5, 5.41) is 3.10. The van der Waals surface area contributed by atoms with Gasteiger partial charge in [-0.15, -0.1) is 0 Å².